The molecule has 0 radical (unpaired) electrons. The molecule has 0 heteroatoms. The molecule has 0 unspecified atom stereocenters. The van der Waals surface area contributed by atoms with Crippen molar-refractivity contribution >= 4 is 0 Å². The van der Waals surface area contributed by atoms with Gasteiger partial charge in [0.25, 0.3) is 0 Å². The SMILES string of the molecule is CCCCCCCCCCCCCCCCc1ccc(C)c(C)c1. The molecule has 0 aliphatic heterocycles. The van der Waals surface area contributed by atoms with Gasteiger partial charge in [-0.15, -0.1) is 0 Å². The van der Waals surface area contributed by atoms with Crippen molar-refractivity contribution in [1.82, 2.24) is 0 Å². The summed E-state index contributed by atoms with van der Waals surface area (Å²) in [4.78, 5) is 0. The molecule has 1 rings (SSSR count). The van der Waals surface area contributed by atoms with Crippen LogP contribution in [0.1, 0.15) is 114 Å². The van der Waals surface area contributed by atoms with Gasteiger partial charge in [-0.05, 0) is 43.4 Å². The van der Waals surface area contributed by atoms with Gasteiger partial charge in [0.15, 0.2) is 0 Å². The summed E-state index contributed by atoms with van der Waals surface area (Å²) in [6.07, 6.45) is 21.4. The highest BCUT2D eigenvalue weighted by atomic mass is 14.0. The quantitative estimate of drug-likeness (QED) is 0.283. The van der Waals surface area contributed by atoms with Gasteiger partial charge in [0.1, 0.15) is 0 Å². The number of rotatable bonds is 15. The molecule has 0 spiro atoms. The van der Waals surface area contributed by atoms with Crippen LogP contribution in [0.2, 0.25) is 0 Å². The molecule has 0 atom stereocenters. The van der Waals surface area contributed by atoms with E-state index in [1.807, 2.05) is 0 Å². The fourth-order valence-corrected chi connectivity index (χ4v) is 3.48. The van der Waals surface area contributed by atoms with Crippen LogP contribution in [0, 0.1) is 13.8 Å². The van der Waals surface area contributed by atoms with Crippen LogP contribution >= 0.6 is 0 Å². The third kappa shape index (κ3) is 10.9. The van der Waals surface area contributed by atoms with Gasteiger partial charge in [-0.25, -0.2) is 0 Å². The van der Waals surface area contributed by atoms with Gasteiger partial charge in [0, 0.05) is 0 Å². The lowest BCUT2D eigenvalue weighted by Gasteiger charge is -2.06. The largest absolute Gasteiger partial charge is 0.0654 e. The van der Waals surface area contributed by atoms with E-state index < -0.39 is 0 Å². The van der Waals surface area contributed by atoms with Gasteiger partial charge in [-0.3, -0.25) is 0 Å². The third-order valence-corrected chi connectivity index (χ3v) is 5.39. The molecule has 0 amide bonds. The molecule has 0 aliphatic rings. The maximum atomic E-state index is 2.37. The minimum absolute atomic E-state index is 1.26. The molecule has 0 saturated carbocycles. The fraction of sp³-hybridized carbons (Fsp3) is 0.750. The van der Waals surface area contributed by atoms with Crippen LogP contribution in [0.4, 0.5) is 0 Å². The summed E-state index contributed by atoms with van der Waals surface area (Å²) in [6, 6.07) is 6.96. The van der Waals surface area contributed by atoms with E-state index in [2.05, 4.69) is 39.0 Å². The van der Waals surface area contributed by atoms with Crippen molar-refractivity contribution in [3.8, 4) is 0 Å². The minimum atomic E-state index is 1.26. The Hall–Kier alpha value is -0.780. The Morgan fingerprint density at radius 2 is 1.00 bits per heavy atom. The second kappa shape index (κ2) is 14.6. The number of unbranched alkanes of at least 4 members (excludes halogenated alkanes) is 13. The minimum Gasteiger partial charge on any atom is -0.0654 e. The Morgan fingerprint density at radius 3 is 1.46 bits per heavy atom. The van der Waals surface area contributed by atoms with Crippen molar-refractivity contribution in [2.24, 2.45) is 0 Å². The van der Waals surface area contributed by atoms with E-state index in [9.17, 15) is 0 Å². The van der Waals surface area contributed by atoms with Gasteiger partial charge in [-0.2, -0.15) is 0 Å². The Balaban J connectivity index is 1.83. The summed E-state index contributed by atoms with van der Waals surface area (Å²) < 4.78 is 0. The van der Waals surface area contributed by atoms with Crippen LogP contribution in [0.5, 0.6) is 0 Å². The molecular formula is C24H42. The predicted octanol–water partition coefficient (Wildman–Crippen LogP) is 8.33. The standard InChI is InChI=1S/C24H42/c1-4-5-6-7-8-9-10-11-12-13-14-15-16-17-18-24-20-19-22(2)23(3)21-24/h19-21H,4-18H2,1-3H3. The van der Waals surface area contributed by atoms with Crippen molar-refractivity contribution < 1.29 is 0 Å². The zero-order valence-corrected chi connectivity index (χ0v) is 16.8. The monoisotopic (exact) mass is 330 g/mol. The normalized spacial score (nSPS) is 11.1. The number of hydrogen-bond donors (Lipinski definition) is 0. The fourth-order valence-electron chi connectivity index (χ4n) is 3.48. The topological polar surface area (TPSA) is 0 Å². The number of benzene rings is 1. The van der Waals surface area contributed by atoms with E-state index in [1.54, 1.807) is 0 Å². The summed E-state index contributed by atoms with van der Waals surface area (Å²) in [5, 5.41) is 0. The number of hydrogen-bond acceptors (Lipinski definition) is 0. The molecule has 0 saturated heterocycles. The van der Waals surface area contributed by atoms with Crippen LogP contribution in [-0.4, -0.2) is 0 Å². The van der Waals surface area contributed by atoms with Gasteiger partial charge < -0.3 is 0 Å². The maximum absolute atomic E-state index is 2.37. The summed E-state index contributed by atoms with van der Waals surface area (Å²) in [6.45, 7) is 6.72. The Morgan fingerprint density at radius 1 is 0.542 bits per heavy atom. The molecule has 0 N–H and O–H groups in total. The Kier molecular flexibility index (Phi) is 12.9. The van der Waals surface area contributed by atoms with E-state index in [0.29, 0.717) is 0 Å². The highest BCUT2D eigenvalue weighted by molar-refractivity contribution is 5.29. The lowest BCUT2D eigenvalue weighted by atomic mass is 10.0. The lowest BCUT2D eigenvalue weighted by molar-refractivity contribution is 0.535. The van der Waals surface area contributed by atoms with Crippen LogP contribution in [-0.2, 0) is 6.42 Å². The van der Waals surface area contributed by atoms with E-state index in [1.165, 1.54) is 113 Å². The van der Waals surface area contributed by atoms with Crippen molar-refractivity contribution in [3.05, 3.63) is 34.9 Å². The van der Waals surface area contributed by atoms with Gasteiger partial charge in [0.05, 0.1) is 0 Å². The first-order valence-electron chi connectivity index (χ1n) is 10.8. The first kappa shape index (κ1) is 21.3. The first-order chi connectivity index (χ1) is 11.7. The van der Waals surface area contributed by atoms with Gasteiger partial charge >= 0.3 is 0 Å². The molecule has 0 nitrogen and oxygen atoms in total. The van der Waals surface area contributed by atoms with E-state index >= 15 is 0 Å². The highest BCUT2D eigenvalue weighted by Gasteiger charge is 1.98. The molecule has 0 aromatic heterocycles. The summed E-state index contributed by atoms with van der Waals surface area (Å²) in [5.41, 5.74) is 4.38. The molecule has 0 aliphatic carbocycles. The molecule has 1 aromatic rings. The van der Waals surface area contributed by atoms with Gasteiger partial charge in [0.2, 0.25) is 0 Å². The van der Waals surface area contributed by atoms with Crippen LogP contribution in [0.15, 0.2) is 18.2 Å². The van der Waals surface area contributed by atoms with Crippen molar-refractivity contribution in [2.45, 2.75) is 117 Å². The second-order valence-electron chi connectivity index (χ2n) is 7.76. The average molecular weight is 331 g/mol. The molecular weight excluding hydrogens is 288 g/mol. The van der Waals surface area contributed by atoms with Gasteiger partial charge in [-0.1, -0.05) is 109 Å². The first-order valence-corrected chi connectivity index (χ1v) is 10.8. The molecule has 0 fully saturated rings. The third-order valence-electron chi connectivity index (χ3n) is 5.39. The Labute approximate surface area is 152 Å². The van der Waals surface area contributed by atoms with E-state index in [4.69, 9.17) is 0 Å². The zero-order valence-electron chi connectivity index (χ0n) is 16.8. The molecule has 0 bridgehead atoms. The van der Waals surface area contributed by atoms with Crippen molar-refractivity contribution in [2.75, 3.05) is 0 Å². The summed E-state index contributed by atoms with van der Waals surface area (Å²) in [5.74, 6) is 0. The Bertz CT molecular complexity index is 404. The zero-order chi connectivity index (χ0) is 17.5. The predicted molar refractivity (Wildman–Crippen MR) is 110 cm³/mol. The molecule has 0 heterocycles. The highest BCUT2D eigenvalue weighted by Crippen LogP contribution is 2.15. The maximum Gasteiger partial charge on any atom is -0.0279 e. The summed E-state index contributed by atoms with van der Waals surface area (Å²) in [7, 11) is 0. The van der Waals surface area contributed by atoms with Crippen molar-refractivity contribution in [3.63, 3.8) is 0 Å². The van der Waals surface area contributed by atoms with Crippen LogP contribution in [0.3, 0.4) is 0 Å². The lowest BCUT2D eigenvalue weighted by Crippen LogP contribution is -1.89. The van der Waals surface area contributed by atoms with Crippen molar-refractivity contribution in [1.29, 1.82) is 0 Å². The number of aryl methyl sites for hydroxylation is 3. The van der Waals surface area contributed by atoms with Crippen LogP contribution in [0.25, 0.3) is 0 Å². The molecule has 138 valence electrons. The molecule has 24 heavy (non-hydrogen) atoms. The van der Waals surface area contributed by atoms with E-state index in [0.717, 1.165) is 0 Å². The smallest absolute Gasteiger partial charge is 0.0279 e. The molecule has 1 aromatic carbocycles. The summed E-state index contributed by atoms with van der Waals surface area (Å²) >= 11 is 0. The van der Waals surface area contributed by atoms with Crippen LogP contribution < -0.4 is 0 Å². The second-order valence-corrected chi connectivity index (χ2v) is 7.76. The average Bonchev–Trinajstić information content (AvgIpc) is 2.58. The van der Waals surface area contributed by atoms with E-state index in [-0.39, 0.29) is 0 Å².